The first-order valence-electron chi connectivity index (χ1n) is 12.2. The third-order valence-corrected chi connectivity index (χ3v) is 6.14. The van der Waals surface area contributed by atoms with Crippen LogP contribution in [0, 0.1) is 0 Å². The van der Waals surface area contributed by atoms with Gasteiger partial charge in [-0.1, -0.05) is 75.7 Å². The number of aryl methyl sites for hydroxylation is 4. The van der Waals surface area contributed by atoms with E-state index in [1.807, 2.05) is 0 Å². The number of ether oxygens (including phenoxy) is 1. The molecule has 0 heterocycles. The minimum atomic E-state index is 0.275. The predicted molar refractivity (Wildman–Crippen MR) is 135 cm³/mol. The molecule has 0 aromatic heterocycles. The fraction of sp³-hybridized carbons (Fsp3) is 0.400. The highest BCUT2D eigenvalue weighted by Crippen LogP contribution is 2.32. The zero-order valence-corrected chi connectivity index (χ0v) is 20.0. The van der Waals surface area contributed by atoms with E-state index in [9.17, 15) is 0 Å². The van der Waals surface area contributed by atoms with E-state index in [2.05, 4.69) is 81.4 Å². The van der Waals surface area contributed by atoms with Crippen LogP contribution in [-0.2, 0) is 32.3 Å². The summed E-state index contributed by atoms with van der Waals surface area (Å²) in [4.78, 5) is 0. The van der Waals surface area contributed by atoms with Gasteiger partial charge in [0.2, 0.25) is 0 Å². The highest BCUT2D eigenvalue weighted by Gasteiger charge is 2.11. The Bertz CT molecular complexity index is 973. The third-order valence-electron chi connectivity index (χ3n) is 6.14. The molecule has 0 aliphatic carbocycles. The highest BCUT2D eigenvalue weighted by atomic mass is 16.5. The average Bonchev–Trinajstić information content (AvgIpc) is 2.83. The van der Waals surface area contributed by atoms with E-state index in [1.54, 1.807) is 0 Å². The highest BCUT2D eigenvalue weighted by molar-refractivity contribution is 5.72. The molecule has 0 spiro atoms. The molecule has 32 heavy (non-hydrogen) atoms. The number of aliphatic hydroxyl groups excluding tert-OH is 1. The second kappa shape index (κ2) is 12.5. The van der Waals surface area contributed by atoms with Crippen molar-refractivity contribution in [1.82, 2.24) is 0 Å². The Morgan fingerprint density at radius 2 is 1.28 bits per heavy atom. The van der Waals surface area contributed by atoms with Gasteiger partial charge >= 0.3 is 0 Å². The summed E-state index contributed by atoms with van der Waals surface area (Å²) in [6, 6.07) is 22.2. The van der Waals surface area contributed by atoms with Crippen molar-refractivity contribution in [1.29, 1.82) is 0 Å². The lowest BCUT2D eigenvalue weighted by Crippen LogP contribution is -1.99. The predicted octanol–water partition coefficient (Wildman–Crippen LogP) is 7.32. The summed E-state index contributed by atoms with van der Waals surface area (Å²) >= 11 is 0. The molecule has 3 aromatic carbocycles. The van der Waals surface area contributed by atoms with E-state index in [4.69, 9.17) is 9.84 Å². The van der Waals surface area contributed by atoms with Gasteiger partial charge in [0.1, 0.15) is 12.4 Å². The van der Waals surface area contributed by atoms with Crippen LogP contribution >= 0.6 is 0 Å². The van der Waals surface area contributed by atoms with Crippen LogP contribution in [0.4, 0.5) is 0 Å². The van der Waals surface area contributed by atoms with Gasteiger partial charge < -0.3 is 9.84 Å². The van der Waals surface area contributed by atoms with Crippen molar-refractivity contribution in [3.8, 4) is 16.9 Å². The van der Waals surface area contributed by atoms with Crippen LogP contribution in [0.25, 0.3) is 11.1 Å². The van der Waals surface area contributed by atoms with Gasteiger partial charge in [0.15, 0.2) is 0 Å². The first-order valence-corrected chi connectivity index (χ1v) is 12.2. The van der Waals surface area contributed by atoms with Crippen LogP contribution in [0.3, 0.4) is 0 Å². The molecule has 0 bridgehead atoms. The van der Waals surface area contributed by atoms with Crippen LogP contribution in [-0.4, -0.2) is 11.7 Å². The monoisotopic (exact) mass is 430 g/mol. The minimum Gasteiger partial charge on any atom is -0.489 e. The van der Waals surface area contributed by atoms with E-state index in [0.717, 1.165) is 44.3 Å². The lowest BCUT2D eigenvalue weighted by Gasteiger charge is -2.16. The number of rotatable bonds is 12. The van der Waals surface area contributed by atoms with Gasteiger partial charge in [-0.15, -0.1) is 0 Å². The number of unbranched alkanes of at least 4 members (excludes halogenated alkanes) is 1. The first-order chi connectivity index (χ1) is 15.7. The Kier molecular flexibility index (Phi) is 9.37. The maximum atomic E-state index is 9.04. The molecule has 0 fully saturated rings. The Morgan fingerprint density at radius 1 is 0.656 bits per heavy atom. The van der Waals surface area contributed by atoms with Crippen LogP contribution in [0.15, 0.2) is 60.7 Å². The summed E-state index contributed by atoms with van der Waals surface area (Å²) in [5.74, 6) is 0.932. The van der Waals surface area contributed by atoms with Gasteiger partial charge in [0.25, 0.3) is 0 Å². The SMILES string of the molecule is CCCc1ccc(COc2ccc(-c3ccc(CCCCO)cc3CC)c(CC)c2)cc1. The molecule has 2 nitrogen and oxygen atoms in total. The Balaban J connectivity index is 1.74. The van der Waals surface area contributed by atoms with Gasteiger partial charge in [-0.3, -0.25) is 0 Å². The van der Waals surface area contributed by atoms with E-state index in [-0.39, 0.29) is 6.61 Å². The molecule has 3 aromatic rings. The molecule has 0 atom stereocenters. The first kappa shape index (κ1) is 24.1. The topological polar surface area (TPSA) is 29.5 Å². The Morgan fingerprint density at radius 3 is 1.94 bits per heavy atom. The molecule has 0 saturated carbocycles. The van der Waals surface area contributed by atoms with Gasteiger partial charge in [0, 0.05) is 6.61 Å². The molecule has 0 saturated heterocycles. The zero-order chi connectivity index (χ0) is 22.8. The molecule has 0 aliphatic heterocycles. The van der Waals surface area contributed by atoms with Gasteiger partial charge in [0.05, 0.1) is 0 Å². The summed E-state index contributed by atoms with van der Waals surface area (Å²) in [6.45, 7) is 7.52. The molecule has 0 aliphatic rings. The maximum absolute atomic E-state index is 9.04. The molecule has 2 heteroatoms. The van der Waals surface area contributed by atoms with Crippen LogP contribution in [0.1, 0.15) is 67.9 Å². The summed E-state index contributed by atoms with van der Waals surface area (Å²) in [7, 11) is 0. The largest absolute Gasteiger partial charge is 0.489 e. The second-order valence-corrected chi connectivity index (χ2v) is 8.55. The molecule has 0 radical (unpaired) electrons. The fourth-order valence-electron chi connectivity index (χ4n) is 4.27. The minimum absolute atomic E-state index is 0.275. The molecular formula is C30H38O2. The van der Waals surface area contributed by atoms with E-state index < -0.39 is 0 Å². The molecule has 0 unspecified atom stereocenters. The van der Waals surface area contributed by atoms with E-state index >= 15 is 0 Å². The number of hydrogen-bond donors (Lipinski definition) is 1. The molecule has 170 valence electrons. The Labute approximate surface area is 194 Å². The van der Waals surface area contributed by atoms with Gasteiger partial charge in [-0.25, -0.2) is 0 Å². The van der Waals surface area contributed by atoms with E-state index in [0.29, 0.717) is 6.61 Å². The molecule has 1 N–H and O–H groups in total. The van der Waals surface area contributed by atoms with Crippen molar-refractivity contribution in [2.45, 2.75) is 72.3 Å². The summed E-state index contributed by atoms with van der Waals surface area (Å²) in [5.41, 5.74) is 9.31. The second-order valence-electron chi connectivity index (χ2n) is 8.55. The van der Waals surface area contributed by atoms with Gasteiger partial charge in [-0.05, 0) is 89.6 Å². The van der Waals surface area contributed by atoms with Crippen molar-refractivity contribution >= 4 is 0 Å². The number of hydrogen-bond acceptors (Lipinski definition) is 2. The van der Waals surface area contributed by atoms with E-state index in [1.165, 1.54) is 45.4 Å². The van der Waals surface area contributed by atoms with Crippen molar-refractivity contribution in [2.75, 3.05) is 6.61 Å². The summed E-state index contributed by atoms with van der Waals surface area (Å²) in [5, 5.41) is 9.04. The van der Waals surface area contributed by atoms with Crippen LogP contribution in [0.5, 0.6) is 5.75 Å². The molecular weight excluding hydrogens is 392 g/mol. The van der Waals surface area contributed by atoms with Crippen LogP contribution < -0.4 is 4.74 Å². The standard InChI is InChI=1S/C30H38O2/c1-4-9-23-11-13-25(14-12-23)22-32-28-16-18-30(27(6-3)21-28)29-17-15-24(10-7-8-19-31)20-26(29)5-2/h11-18,20-21,31H,4-10,19,22H2,1-3H3. The summed E-state index contributed by atoms with van der Waals surface area (Å²) < 4.78 is 6.14. The summed E-state index contributed by atoms with van der Waals surface area (Å²) in [6.07, 6.45) is 7.22. The lowest BCUT2D eigenvalue weighted by molar-refractivity contribution is 0.284. The van der Waals surface area contributed by atoms with Gasteiger partial charge in [-0.2, -0.15) is 0 Å². The smallest absolute Gasteiger partial charge is 0.120 e. The van der Waals surface area contributed by atoms with Crippen molar-refractivity contribution in [3.63, 3.8) is 0 Å². The number of aliphatic hydroxyl groups is 1. The van der Waals surface area contributed by atoms with Crippen molar-refractivity contribution in [2.24, 2.45) is 0 Å². The van der Waals surface area contributed by atoms with Crippen molar-refractivity contribution < 1.29 is 9.84 Å². The van der Waals surface area contributed by atoms with Crippen molar-refractivity contribution in [3.05, 3.63) is 88.5 Å². The third kappa shape index (κ3) is 6.46. The maximum Gasteiger partial charge on any atom is 0.120 e. The van der Waals surface area contributed by atoms with Crippen LogP contribution in [0.2, 0.25) is 0 Å². The lowest BCUT2D eigenvalue weighted by atomic mass is 9.91. The average molecular weight is 431 g/mol. The number of benzene rings is 3. The zero-order valence-electron chi connectivity index (χ0n) is 20.0. The fourth-order valence-corrected chi connectivity index (χ4v) is 4.27. The molecule has 3 rings (SSSR count). The molecule has 0 amide bonds. The quantitative estimate of drug-likeness (QED) is 0.305. The normalized spacial score (nSPS) is 11.0. The Hall–Kier alpha value is -2.58.